The van der Waals surface area contributed by atoms with Crippen molar-refractivity contribution in [3.05, 3.63) is 24.0 Å². The Balaban J connectivity index is 2.27. The van der Waals surface area contributed by atoms with E-state index in [0.29, 0.717) is 10.6 Å². The second-order valence-electron chi connectivity index (χ2n) is 2.95. The van der Waals surface area contributed by atoms with Crippen molar-refractivity contribution in [1.82, 2.24) is 4.98 Å². The van der Waals surface area contributed by atoms with Gasteiger partial charge in [0.25, 0.3) is 0 Å². The Kier molecular flexibility index (Phi) is 2.51. The second-order valence-corrected chi connectivity index (χ2v) is 3.98. The van der Waals surface area contributed by atoms with Crippen molar-refractivity contribution in [3.63, 3.8) is 0 Å². The molecule has 0 saturated heterocycles. The maximum absolute atomic E-state index is 12.8. The zero-order valence-corrected chi connectivity index (χ0v) is 8.47. The van der Waals surface area contributed by atoms with Crippen molar-refractivity contribution in [2.24, 2.45) is 5.73 Å². The average molecular weight is 225 g/mol. The summed E-state index contributed by atoms with van der Waals surface area (Å²) < 4.78 is 13.7. The van der Waals surface area contributed by atoms with Gasteiger partial charge >= 0.3 is 0 Å². The molecule has 0 aliphatic carbocycles. The summed E-state index contributed by atoms with van der Waals surface area (Å²) in [6.45, 7) is 0.0301. The molecular formula is C9H8FN3OS. The minimum atomic E-state index is -0.458. The number of hydrogen-bond acceptors (Lipinski definition) is 4. The monoisotopic (exact) mass is 225 g/mol. The largest absolute Gasteiger partial charge is 0.368 e. The van der Waals surface area contributed by atoms with Crippen LogP contribution in [0.3, 0.4) is 0 Å². The smallest absolute Gasteiger partial charge is 0.236 e. The quantitative estimate of drug-likeness (QED) is 0.828. The van der Waals surface area contributed by atoms with Gasteiger partial charge in [-0.3, -0.25) is 4.79 Å². The van der Waals surface area contributed by atoms with E-state index in [9.17, 15) is 9.18 Å². The fourth-order valence-electron chi connectivity index (χ4n) is 1.14. The van der Waals surface area contributed by atoms with Crippen LogP contribution in [0.15, 0.2) is 18.2 Å². The molecule has 78 valence electrons. The number of nitrogens with zero attached hydrogens (tertiary/aromatic N) is 1. The van der Waals surface area contributed by atoms with Crippen molar-refractivity contribution in [2.75, 3.05) is 11.9 Å². The minimum absolute atomic E-state index is 0.0301. The summed E-state index contributed by atoms with van der Waals surface area (Å²) in [5, 5.41) is 3.33. The number of hydrogen-bond donors (Lipinski definition) is 2. The Hall–Kier alpha value is -1.69. The van der Waals surface area contributed by atoms with Crippen molar-refractivity contribution in [1.29, 1.82) is 0 Å². The maximum atomic E-state index is 12.8. The number of primary amides is 1. The molecule has 0 aliphatic heterocycles. The van der Waals surface area contributed by atoms with E-state index in [1.54, 1.807) is 6.07 Å². The Bertz CT molecular complexity index is 511. The molecule has 3 N–H and O–H groups in total. The highest BCUT2D eigenvalue weighted by atomic mass is 32.1. The number of benzene rings is 1. The summed E-state index contributed by atoms with van der Waals surface area (Å²) in [6.07, 6.45) is 0. The van der Waals surface area contributed by atoms with Crippen LogP contribution >= 0.6 is 11.3 Å². The van der Waals surface area contributed by atoms with E-state index in [-0.39, 0.29) is 12.4 Å². The molecule has 6 heteroatoms. The molecule has 15 heavy (non-hydrogen) atoms. The van der Waals surface area contributed by atoms with Crippen molar-refractivity contribution in [2.45, 2.75) is 0 Å². The molecule has 0 saturated carbocycles. The van der Waals surface area contributed by atoms with Crippen LogP contribution in [0, 0.1) is 5.82 Å². The SMILES string of the molecule is NC(=O)CNc1nc2cc(F)ccc2s1. The van der Waals surface area contributed by atoms with Gasteiger partial charge < -0.3 is 11.1 Å². The molecule has 1 heterocycles. The van der Waals surface area contributed by atoms with Gasteiger partial charge in [-0.1, -0.05) is 11.3 Å². The van der Waals surface area contributed by atoms with Gasteiger partial charge in [-0.25, -0.2) is 9.37 Å². The van der Waals surface area contributed by atoms with Crippen LogP contribution in [-0.4, -0.2) is 17.4 Å². The van der Waals surface area contributed by atoms with Crippen molar-refractivity contribution in [3.8, 4) is 0 Å². The topological polar surface area (TPSA) is 68.0 Å². The molecule has 0 radical (unpaired) electrons. The highest BCUT2D eigenvalue weighted by Crippen LogP contribution is 2.25. The van der Waals surface area contributed by atoms with Crippen molar-refractivity contribution < 1.29 is 9.18 Å². The lowest BCUT2D eigenvalue weighted by Gasteiger charge is -1.95. The third kappa shape index (κ3) is 2.21. The lowest BCUT2D eigenvalue weighted by molar-refractivity contribution is -0.116. The van der Waals surface area contributed by atoms with Crippen LogP contribution in [0.25, 0.3) is 10.2 Å². The standard InChI is InChI=1S/C9H8FN3OS/c10-5-1-2-7-6(3-5)13-9(15-7)12-4-8(11)14/h1-3H,4H2,(H2,11,14)(H,12,13). The molecule has 1 amide bonds. The molecule has 0 fully saturated rings. The van der Waals surface area contributed by atoms with Crippen LogP contribution < -0.4 is 11.1 Å². The summed E-state index contributed by atoms with van der Waals surface area (Å²) in [7, 11) is 0. The average Bonchev–Trinajstić information content (AvgIpc) is 2.56. The first-order valence-electron chi connectivity index (χ1n) is 4.23. The molecule has 0 atom stereocenters. The first-order chi connectivity index (χ1) is 7.15. The molecule has 1 aromatic heterocycles. The molecular weight excluding hydrogens is 217 g/mol. The first-order valence-corrected chi connectivity index (χ1v) is 5.05. The van der Waals surface area contributed by atoms with Crippen LogP contribution in [0.2, 0.25) is 0 Å². The Morgan fingerprint density at radius 1 is 1.60 bits per heavy atom. The number of rotatable bonds is 3. The van der Waals surface area contributed by atoms with Gasteiger partial charge in [-0.15, -0.1) is 0 Å². The number of thiazole rings is 1. The minimum Gasteiger partial charge on any atom is -0.368 e. The Labute approximate surface area is 88.9 Å². The number of halogens is 1. The van der Waals surface area contributed by atoms with E-state index in [1.807, 2.05) is 0 Å². The predicted octanol–water partition coefficient (Wildman–Crippen LogP) is 1.33. The van der Waals surface area contributed by atoms with E-state index in [1.165, 1.54) is 23.5 Å². The van der Waals surface area contributed by atoms with Gasteiger partial charge in [-0.2, -0.15) is 0 Å². The number of nitrogens with one attached hydrogen (secondary N) is 1. The number of amides is 1. The second kappa shape index (κ2) is 3.82. The number of carbonyl (C=O) groups is 1. The molecule has 0 unspecified atom stereocenters. The van der Waals surface area contributed by atoms with Gasteiger partial charge in [0.05, 0.1) is 16.8 Å². The summed E-state index contributed by atoms with van der Waals surface area (Å²) in [5.41, 5.74) is 5.55. The molecule has 0 bridgehead atoms. The summed E-state index contributed by atoms with van der Waals surface area (Å²) >= 11 is 1.35. The number of aromatic nitrogens is 1. The molecule has 2 rings (SSSR count). The lowest BCUT2D eigenvalue weighted by Crippen LogP contribution is -2.21. The molecule has 0 aliphatic rings. The van der Waals surface area contributed by atoms with E-state index in [4.69, 9.17) is 5.73 Å². The van der Waals surface area contributed by atoms with Gasteiger partial charge in [0, 0.05) is 6.07 Å². The van der Waals surface area contributed by atoms with Crippen molar-refractivity contribution >= 4 is 32.6 Å². The van der Waals surface area contributed by atoms with Gasteiger partial charge in [0.2, 0.25) is 5.91 Å². The predicted molar refractivity (Wildman–Crippen MR) is 57.3 cm³/mol. The summed E-state index contributed by atoms with van der Waals surface area (Å²) in [5.74, 6) is -0.783. The summed E-state index contributed by atoms with van der Waals surface area (Å²) in [6, 6.07) is 4.37. The van der Waals surface area contributed by atoms with Gasteiger partial charge in [0.15, 0.2) is 5.13 Å². The molecule has 1 aromatic carbocycles. The number of nitrogens with two attached hydrogens (primary N) is 1. The van der Waals surface area contributed by atoms with E-state index in [2.05, 4.69) is 10.3 Å². The zero-order valence-electron chi connectivity index (χ0n) is 7.66. The molecule has 2 aromatic rings. The zero-order chi connectivity index (χ0) is 10.8. The fourth-order valence-corrected chi connectivity index (χ4v) is 1.98. The van der Waals surface area contributed by atoms with E-state index < -0.39 is 5.91 Å². The van der Waals surface area contributed by atoms with Crippen LogP contribution in [0.4, 0.5) is 9.52 Å². The number of fused-ring (bicyclic) bond motifs is 1. The highest BCUT2D eigenvalue weighted by Gasteiger charge is 2.04. The normalized spacial score (nSPS) is 10.5. The third-order valence-electron chi connectivity index (χ3n) is 1.76. The summed E-state index contributed by atoms with van der Waals surface area (Å²) in [4.78, 5) is 14.6. The molecule has 0 spiro atoms. The van der Waals surface area contributed by atoms with E-state index in [0.717, 1.165) is 4.70 Å². The first kappa shape index (κ1) is 9.85. The van der Waals surface area contributed by atoms with Crippen LogP contribution in [0.1, 0.15) is 0 Å². The Morgan fingerprint density at radius 2 is 2.40 bits per heavy atom. The Morgan fingerprint density at radius 3 is 3.13 bits per heavy atom. The van der Waals surface area contributed by atoms with Gasteiger partial charge in [-0.05, 0) is 12.1 Å². The van der Waals surface area contributed by atoms with E-state index >= 15 is 0 Å². The fraction of sp³-hybridized carbons (Fsp3) is 0.111. The third-order valence-corrected chi connectivity index (χ3v) is 2.76. The molecule has 4 nitrogen and oxygen atoms in total. The van der Waals surface area contributed by atoms with Gasteiger partial charge in [0.1, 0.15) is 5.82 Å². The van der Waals surface area contributed by atoms with Crippen LogP contribution in [-0.2, 0) is 4.79 Å². The number of carbonyl (C=O) groups excluding carboxylic acids is 1. The maximum Gasteiger partial charge on any atom is 0.236 e. The highest BCUT2D eigenvalue weighted by molar-refractivity contribution is 7.22. The number of anilines is 1. The van der Waals surface area contributed by atoms with Crippen LogP contribution in [0.5, 0.6) is 0 Å². The lowest BCUT2D eigenvalue weighted by atomic mass is 10.3.